The Morgan fingerprint density at radius 2 is 1.73 bits per heavy atom. The summed E-state index contributed by atoms with van der Waals surface area (Å²) in [6, 6.07) is 21.7. The first-order valence-electron chi connectivity index (χ1n) is 13.4. The van der Waals surface area contributed by atoms with Gasteiger partial charge in [-0.25, -0.2) is 13.1 Å². The van der Waals surface area contributed by atoms with Crippen molar-refractivity contribution in [2.75, 3.05) is 25.0 Å². The van der Waals surface area contributed by atoms with Crippen molar-refractivity contribution in [3.63, 3.8) is 0 Å². The summed E-state index contributed by atoms with van der Waals surface area (Å²) in [5.41, 5.74) is 2.77. The molecule has 3 aromatic carbocycles. The molecular weight excluding hydrogens is 522 g/mol. The highest BCUT2D eigenvalue weighted by Crippen LogP contribution is 2.40. The number of fused-ring (bicyclic) bond motifs is 1. The SMILES string of the molecule is C#C.CCc1ccc(S(=O)(=O)N[C@H]2CC(C)(C)Oc3ccc(C(=O)NCCCN(C)c4ccccc4)cc32)cc1. The molecule has 0 spiro atoms. The molecule has 0 fully saturated rings. The second-order valence-electron chi connectivity index (χ2n) is 10.4. The van der Waals surface area contributed by atoms with E-state index in [0.29, 0.717) is 29.8 Å². The van der Waals surface area contributed by atoms with Crippen LogP contribution in [0.1, 0.15) is 61.1 Å². The van der Waals surface area contributed by atoms with Crippen LogP contribution < -0.4 is 19.7 Å². The maximum Gasteiger partial charge on any atom is 0.251 e. The minimum atomic E-state index is -3.77. The van der Waals surface area contributed by atoms with Crippen molar-refractivity contribution in [2.45, 2.75) is 56.6 Å². The Hall–Kier alpha value is -3.80. The highest BCUT2D eigenvalue weighted by atomic mass is 32.2. The van der Waals surface area contributed by atoms with Crippen LogP contribution in [0.3, 0.4) is 0 Å². The predicted octanol–water partition coefficient (Wildman–Crippen LogP) is 5.34. The second kappa shape index (κ2) is 13.5. The zero-order chi connectivity index (χ0) is 29.3. The molecule has 0 bridgehead atoms. The van der Waals surface area contributed by atoms with Crippen LogP contribution >= 0.6 is 0 Å². The van der Waals surface area contributed by atoms with Crippen LogP contribution in [-0.2, 0) is 16.4 Å². The first-order valence-corrected chi connectivity index (χ1v) is 14.9. The average Bonchev–Trinajstić information content (AvgIpc) is 2.95. The molecule has 1 atom stereocenters. The Labute approximate surface area is 239 Å². The summed E-state index contributed by atoms with van der Waals surface area (Å²) in [7, 11) is -1.74. The molecule has 1 amide bonds. The van der Waals surface area contributed by atoms with Crippen LogP contribution in [0.25, 0.3) is 0 Å². The van der Waals surface area contributed by atoms with Gasteiger partial charge in [-0.1, -0.05) is 37.3 Å². The highest BCUT2D eigenvalue weighted by Gasteiger charge is 2.36. The average molecular weight is 562 g/mol. The summed E-state index contributed by atoms with van der Waals surface area (Å²) in [5, 5.41) is 2.98. The maximum absolute atomic E-state index is 13.2. The van der Waals surface area contributed by atoms with Gasteiger partial charge in [0.25, 0.3) is 5.91 Å². The molecule has 0 unspecified atom stereocenters. The lowest BCUT2D eigenvalue weighted by Gasteiger charge is -2.38. The maximum atomic E-state index is 13.2. The van der Waals surface area contributed by atoms with Gasteiger partial charge < -0.3 is 15.0 Å². The number of nitrogens with one attached hydrogen (secondary N) is 2. The van der Waals surface area contributed by atoms with Crippen molar-refractivity contribution in [1.29, 1.82) is 0 Å². The number of rotatable bonds is 10. The molecule has 1 aliphatic rings. The number of anilines is 1. The van der Waals surface area contributed by atoms with Crippen molar-refractivity contribution in [1.82, 2.24) is 10.0 Å². The van der Waals surface area contributed by atoms with Crippen molar-refractivity contribution in [2.24, 2.45) is 0 Å². The van der Waals surface area contributed by atoms with E-state index in [0.717, 1.165) is 30.6 Å². The summed E-state index contributed by atoms with van der Waals surface area (Å²) in [5.74, 6) is 0.382. The van der Waals surface area contributed by atoms with Gasteiger partial charge >= 0.3 is 0 Å². The van der Waals surface area contributed by atoms with E-state index >= 15 is 0 Å². The number of para-hydroxylation sites is 1. The van der Waals surface area contributed by atoms with Crippen molar-refractivity contribution in [3.05, 3.63) is 89.5 Å². The lowest BCUT2D eigenvalue weighted by molar-refractivity contribution is 0.0701. The number of nitrogens with zero attached hydrogens (tertiary/aromatic N) is 1. The van der Waals surface area contributed by atoms with Crippen LogP contribution in [0.15, 0.2) is 77.7 Å². The quantitative estimate of drug-likeness (QED) is 0.258. The zero-order valence-electron chi connectivity index (χ0n) is 23.7. The molecule has 40 heavy (non-hydrogen) atoms. The van der Waals surface area contributed by atoms with Crippen molar-refractivity contribution in [3.8, 4) is 18.6 Å². The number of ether oxygens (including phenoxy) is 1. The van der Waals surface area contributed by atoms with Crippen LogP contribution in [0.4, 0.5) is 5.69 Å². The fraction of sp³-hybridized carbons (Fsp3) is 0.344. The molecule has 0 aromatic heterocycles. The summed E-state index contributed by atoms with van der Waals surface area (Å²) < 4.78 is 35.5. The lowest BCUT2D eigenvalue weighted by Crippen LogP contribution is -2.41. The zero-order valence-corrected chi connectivity index (χ0v) is 24.5. The number of terminal acetylenes is 1. The summed E-state index contributed by atoms with van der Waals surface area (Å²) in [6.45, 7) is 7.22. The number of benzene rings is 3. The summed E-state index contributed by atoms with van der Waals surface area (Å²) in [4.78, 5) is 15.3. The van der Waals surface area contributed by atoms with Crippen LogP contribution in [0, 0.1) is 12.8 Å². The molecule has 3 aromatic rings. The van der Waals surface area contributed by atoms with E-state index in [9.17, 15) is 13.2 Å². The first-order chi connectivity index (χ1) is 19.1. The minimum absolute atomic E-state index is 0.197. The van der Waals surface area contributed by atoms with E-state index in [2.05, 4.69) is 39.9 Å². The molecule has 4 rings (SSSR count). The van der Waals surface area contributed by atoms with E-state index in [-0.39, 0.29) is 10.8 Å². The highest BCUT2D eigenvalue weighted by molar-refractivity contribution is 7.89. The molecule has 7 nitrogen and oxygen atoms in total. The van der Waals surface area contributed by atoms with Crippen LogP contribution in [0.2, 0.25) is 0 Å². The minimum Gasteiger partial charge on any atom is -0.487 e. The fourth-order valence-electron chi connectivity index (χ4n) is 4.69. The molecule has 2 N–H and O–H groups in total. The fourth-order valence-corrected chi connectivity index (χ4v) is 5.91. The lowest BCUT2D eigenvalue weighted by atomic mass is 9.89. The van der Waals surface area contributed by atoms with Gasteiger partial charge in [0.15, 0.2) is 0 Å². The predicted molar refractivity (Wildman–Crippen MR) is 161 cm³/mol. The largest absolute Gasteiger partial charge is 0.487 e. The normalized spacial score (nSPS) is 15.5. The number of hydrogen-bond donors (Lipinski definition) is 2. The summed E-state index contributed by atoms with van der Waals surface area (Å²) in [6.07, 6.45) is 10.1. The monoisotopic (exact) mass is 561 g/mol. The standard InChI is InChI=1S/C30H37N3O4S.C2H2/c1-5-22-12-15-25(16-13-22)38(35,36)32-27-21-30(2,3)37-28-17-14-23(20-26(27)28)29(34)31-18-9-19-33(4)24-10-7-6-8-11-24;1-2/h6-8,10-17,20,27,32H,5,9,18-19,21H2,1-4H3,(H,31,34);1-2H/t27-;/m0./s1. The van der Waals surface area contributed by atoms with Gasteiger partial charge in [-0.15, -0.1) is 12.8 Å². The van der Waals surface area contributed by atoms with Gasteiger partial charge in [0.2, 0.25) is 10.0 Å². The Morgan fingerprint density at radius 3 is 2.38 bits per heavy atom. The third-order valence-corrected chi connectivity index (χ3v) is 8.31. The van der Waals surface area contributed by atoms with Gasteiger partial charge in [-0.2, -0.15) is 0 Å². The molecule has 0 saturated carbocycles. The Bertz CT molecular complexity index is 1400. The second-order valence-corrected chi connectivity index (χ2v) is 12.1. The number of hydrogen-bond acceptors (Lipinski definition) is 5. The van der Waals surface area contributed by atoms with Gasteiger partial charge in [0.1, 0.15) is 11.4 Å². The van der Waals surface area contributed by atoms with E-state index in [1.165, 1.54) is 0 Å². The van der Waals surface area contributed by atoms with E-state index in [1.54, 1.807) is 30.3 Å². The van der Waals surface area contributed by atoms with Crippen LogP contribution in [-0.4, -0.2) is 40.1 Å². The molecular formula is C32H39N3O4S. The van der Waals surface area contributed by atoms with Gasteiger partial charge in [-0.3, -0.25) is 4.79 Å². The van der Waals surface area contributed by atoms with Gasteiger partial charge in [-0.05, 0) is 74.7 Å². The Balaban J connectivity index is 0.00000216. The number of amides is 1. The van der Waals surface area contributed by atoms with Crippen LogP contribution in [0.5, 0.6) is 5.75 Å². The summed E-state index contributed by atoms with van der Waals surface area (Å²) >= 11 is 0. The van der Waals surface area contributed by atoms with Gasteiger partial charge in [0.05, 0.1) is 10.9 Å². The van der Waals surface area contributed by atoms with E-state index in [1.807, 2.05) is 58.2 Å². The molecule has 1 heterocycles. The van der Waals surface area contributed by atoms with Crippen molar-refractivity contribution >= 4 is 21.6 Å². The Kier molecular flexibility index (Phi) is 10.4. The van der Waals surface area contributed by atoms with Crippen molar-refractivity contribution < 1.29 is 17.9 Å². The molecule has 212 valence electrons. The Morgan fingerprint density at radius 1 is 1.05 bits per heavy atom. The number of sulfonamides is 1. The number of carbonyl (C=O) groups is 1. The number of aryl methyl sites for hydroxylation is 1. The molecule has 0 aliphatic carbocycles. The van der Waals surface area contributed by atoms with E-state index in [4.69, 9.17) is 4.74 Å². The third kappa shape index (κ3) is 7.87. The van der Waals surface area contributed by atoms with E-state index < -0.39 is 21.7 Å². The number of carbonyl (C=O) groups excluding carboxylic acids is 1. The van der Waals surface area contributed by atoms with Gasteiger partial charge in [0, 0.05) is 43.4 Å². The first kappa shape index (κ1) is 30.7. The molecule has 1 aliphatic heterocycles. The molecule has 0 saturated heterocycles. The third-order valence-electron chi connectivity index (χ3n) is 6.82. The molecule has 8 heteroatoms. The smallest absolute Gasteiger partial charge is 0.251 e. The topological polar surface area (TPSA) is 87.7 Å². The molecule has 0 radical (unpaired) electrons.